The lowest BCUT2D eigenvalue weighted by Crippen LogP contribution is -1.87. The van der Waals surface area contributed by atoms with Crippen molar-refractivity contribution in [1.82, 2.24) is 23.2 Å². The Morgan fingerprint density at radius 3 is 2.06 bits per heavy atom. The molecule has 0 aliphatic heterocycles. The third kappa shape index (κ3) is 1.76. The van der Waals surface area contributed by atoms with E-state index < -0.39 is 0 Å². The van der Waals surface area contributed by atoms with Gasteiger partial charge in [-0.15, -0.1) is 0 Å². The molecule has 0 saturated heterocycles. The molecule has 166 valence electrons. The van der Waals surface area contributed by atoms with Gasteiger partial charge in [-0.05, 0) is 41.8 Å². The van der Waals surface area contributed by atoms with Gasteiger partial charge in [0.05, 0.1) is 27.6 Å². The topological polar surface area (TPSA) is 52.2 Å². The molecule has 0 atom stereocenters. The van der Waals surface area contributed by atoms with E-state index in [-0.39, 0.29) is 0 Å². The van der Waals surface area contributed by atoms with Crippen LogP contribution in [0.25, 0.3) is 82.9 Å². The first-order valence-corrected chi connectivity index (χ1v) is 12.0. The molecular weight excluding hydrogens is 446 g/mol. The summed E-state index contributed by atoms with van der Waals surface area (Å²) in [5, 5.41) is 4.55. The van der Waals surface area contributed by atoms with Crippen LogP contribution in [0.4, 0.5) is 0 Å². The van der Waals surface area contributed by atoms with Crippen LogP contribution in [0.1, 0.15) is 0 Å². The molecule has 5 heterocycles. The van der Waals surface area contributed by atoms with E-state index in [1.54, 1.807) is 0 Å². The molecule has 0 radical (unpaired) electrons. The molecule has 0 bridgehead atoms. The molecule has 10 aromatic rings. The van der Waals surface area contributed by atoms with Gasteiger partial charge in [0.15, 0.2) is 5.58 Å². The first-order valence-electron chi connectivity index (χ1n) is 12.0. The molecule has 6 nitrogen and oxygen atoms in total. The Kier molecular flexibility index (Phi) is 2.69. The Morgan fingerprint density at radius 1 is 0.500 bits per heavy atom. The van der Waals surface area contributed by atoms with Gasteiger partial charge in [0.1, 0.15) is 16.6 Å². The summed E-state index contributed by atoms with van der Waals surface area (Å²) in [6.07, 6.45) is 0. The van der Waals surface area contributed by atoms with Gasteiger partial charge in [0.25, 0.3) is 0 Å². The molecule has 0 unspecified atom stereocenters. The first-order chi connectivity index (χ1) is 17.9. The molecule has 0 N–H and O–H groups in total. The van der Waals surface area contributed by atoms with Crippen LogP contribution in [0.5, 0.6) is 0 Å². The van der Waals surface area contributed by atoms with Gasteiger partial charge >= 0.3 is 0 Å². The second-order valence-corrected chi connectivity index (χ2v) is 9.54. The van der Waals surface area contributed by atoms with Crippen molar-refractivity contribution >= 4 is 82.9 Å². The highest BCUT2D eigenvalue weighted by molar-refractivity contribution is 6.15. The van der Waals surface area contributed by atoms with Crippen molar-refractivity contribution in [3.8, 4) is 0 Å². The van der Waals surface area contributed by atoms with Crippen LogP contribution in [0.15, 0.2) is 95.4 Å². The van der Waals surface area contributed by atoms with Crippen molar-refractivity contribution in [3.63, 3.8) is 0 Å². The van der Waals surface area contributed by atoms with Gasteiger partial charge in [-0.1, -0.05) is 54.6 Å². The van der Waals surface area contributed by atoms with E-state index >= 15 is 0 Å². The molecule has 0 aliphatic carbocycles. The van der Waals surface area contributed by atoms with Crippen molar-refractivity contribution in [1.29, 1.82) is 0 Å². The smallest absolute Gasteiger partial charge is 0.223 e. The average molecular weight is 461 g/mol. The number of fused-ring (bicyclic) bond motifs is 16. The number of furan rings is 1. The first kappa shape index (κ1) is 17.4. The minimum Gasteiger partial charge on any atom is -0.454 e. The Bertz CT molecular complexity index is 2540. The molecule has 5 aromatic heterocycles. The fourth-order valence-corrected chi connectivity index (χ4v) is 6.28. The molecule has 0 amide bonds. The Morgan fingerprint density at radius 2 is 1.19 bits per heavy atom. The van der Waals surface area contributed by atoms with E-state index in [1.165, 1.54) is 5.39 Å². The molecule has 36 heavy (non-hydrogen) atoms. The molecule has 10 rings (SSSR count). The van der Waals surface area contributed by atoms with Gasteiger partial charge in [-0.3, -0.25) is 8.80 Å². The lowest BCUT2D eigenvalue weighted by Gasteiger charge is -2.00. The van der Waals surface area contributed by atoms with E-state index in [2.05, 4.69) is 86.0 Å². The van der Waals surface area contributed by atoms with E-state index in [0.29, 0.717) is 0 Å². The quantitative estimate of drug-likeness (QED) is 0.240. The Hall–Kier alpha value is -5.10. The van der Waals surface area contributed by atoms with Gasteiger partial charge in [-0.2, -0.15) is 0 Å². The van der Waals surface area contributed by atoms with Crippen LogP contribution in [-0.4, -0.2) is 23.2 Å². The second-order valence-electron chi connectivity index (χ2n) is 9.54. The fraction of sp³-hybridized carbons (Fsp3) is 0. The number of para-hydroxylation sites is 2. The summed E-state index contributed by atoms with van der Waals surface area (Å²) < 4.78 is 13.0. The van der Waals surface area contributed by atoms with Crippen molar-refractivity contribution in [3.05, 3.63) is 91.0 Å². The van der Waals surface area contributed by atoms with Gasteiger partial charge in [0.2, 0.25) is 11.6 Å². The van der Waals surface area contributed by atoms with Crippen molar-refractivity contribution in [2.24, 2.45) is 0 Å². The minimum atomic E-state index is 0.826. The summed E-state index contributed by atoms with van der Waals surface area (Å²) in [5.41, 5.74) is 9.09. The predicted molar refractivity (Wildman–Crippen MR) is 143 cm³/mol. The summed E-state index contributed by atoms with van der Waals surface area (Å²) in [4.78, 5) is 10.4. The van der Waals surface area contributed by atoms with Crippen LogP contribution in [0, 0.1) is 0 Å². The maximum atomic E-state index is 6.32. The number of aromatic nitrogens is 5. The van der Waals surface area contributed by atoms with Gasteiger partial charge < -0.3 is 4.42 Å². The normalized spacial score (nSPS) is 13.0. The standard InChI is InChI=1S/C30H15N5O/c1-2-7-17-16(6-1)12-14-20-25(17)31-29-33(20)22-9-5-10-23-27(22)35(29)30-32-26-21(34(23)30)15-13-19-18-8-3-4-11-24(18)36-28(19)26/h1-15H. The number of hydrogen-bond donors (Lipinski definition) is 0. The van der Waals surface area contributed by atoms with Crippen molar-refractivity contribution in [2.45, 2.75) is 0 Å². The number of hydrogen-bond acceptors (Lipinski definition) is 3. The monoisotopic (exact) mass is 461 g/mol. The highest BCUT2D eigenvalue weighted by Gasteiger charge is 2.25. The largest absolute Gasteiger partial charge is 0.454 e. The molecule has 6 heteroatoms. The lowest BCUT2D eigenvalue weighted by molar-refractivity contribution is 0.672. The van der Waals surface area contributed by atoms with E-state index in [0.717, 1.165) is 77.5 Å². The maximum Gasteiger partial charge on any atom is 0.223 e. The van der Waals surface area contributed by atoms with E-state index in [1.807, 2.05) is 18.2 Å². The Balaban J connectivity index is 1.47. The van der Waals surface area contributed by atoms with Gasteiger partial charge in [-0.25, -0.2) is 14.4 Å². The second kappa shape index (κ2) is 5.58. The molecule has 0 fully saturated rings. The molecular formula is C30H15N5O. The van der Waals surface area contributed by atoms with Crippen LogP contribution >= 0.6 is 0 Å². The molecule has 0 saturated carbocycles. The highest BCUT2D eigenvalue weighted by Crippen LogP contribution is 2.38. The highest BCUT2D eigenvalue weighted by atomic mass is 16.3. The summed E-state index contributed by atoms with van der Waals surface area (Å²) in [7, 11) is 0. The number of rotatable bonds is 0. The van der Waals surface area contributed by atoms with Crippen LogP contribution < -0.4 is 0 Å². The predicted octanol–water partition coefficient (Wildman–Crippen LogP) is 7.18. The number of benzene rings is 5. The fourth-order valence-electron chi connectivity index (χ4n) is 6.28. The average Bonchev–Trinajstić information content (AvgIpc) is 3.69. The SMILES string of the molecule is c1ccc2c(c1)ccc1c2nc2n1c1cccc3c1n2c1nc2c4oc5ccccc5c4ccc2n31. The summed E-state index contributed by atoms with van der Waals surface area (Å²) in [6.45, 7) is 0. The van der Waals surface area contributed by atoms with Gasteiger partial charge in [0, 0.05) is 16.2 Å². The minimum absolute atomic E-state index is 0.826. The molecule has 0 aliphatic rings. The zero-order chi connectivity index (χ0) is 23.1. The summed E-state index contributed by atoms with van der Waals surface area (Å²) in [6, 6.07) is 31.7. The third-order valence-corrected chi connectivity index (χ3v) is 7.78. The van der Waals surface area contributed by atoms with Crippen LogP contribution in [-0.2, 0) is 0 Å². The number of nitrogens with zero attached hydrogens (tertiary/aromatic N) is 5. The van der Waals surface area contributed by atoms with Crippen LogP contribution in [0.2, 0.25) is 0 Å². The zero-order valence-electron chi connectivity index (χ0n) is 18.8. The molecule has 0 spiro atoms. The Labute approximate surface area is 201 Å². The summed E-state index contributed by atoms with van der Waals surface area (Å²) >= 11 is 0. The molecule has 5 aromatic carbocycles. The third-order valence-electron chi connectivity index (χ3n) is 7.78. The maximum absolute atomic E-state index is 6.32. The van der Waals surface area contributed by atoms with E-state index in [4.69, 9.17) is 14.4 Å². The lowest BCUT2D eigenvalue weighted by atomic mass is 10.1. The zero-order valence-corrected chi connectivity index (χ0v) is 18.8. The summed E-state index contributed by atoms with van der Waals surface area (Å²) in [5.74, 6) is 1.72. The van der Waals surface area contributed by atoms with Crippen LogP contribution in [0.3, 0.4) is 0 Å². The number of imidazole rings is 4. The van der Waals surface area contributed by atoms with E-state index in [9.17, 15) is 0 Å². The van der Waals surface area contributed by atoms with Crippen molar-refractivity contribution in [2.75, 3.05) is 0 Å². The van der Waals surface area contributed by atoms with Crippen molar-refractivity contribution < 1.29 is 4.42 Å².